The van der Waals surface area contributed by atoms with Crippen molar-refractivity contribution < 1.29 is 46.2 Å². The van der Waals surface area contributed by atoms with Crippen LogP contribution in [0.1, 0.15) is 61.7 Å². The maximum atomic E-state index is 15.3. The first-order valence-corrected chi connectivity index (χ1v) is 17.2. The number of fused-ring (bicyclic) bond motifs is 2. The zero-order chi connectivity index (χ0) is 38.8. The Balaban J connectivity index is 1.50. The summed E-state index contributed by atoms with van der Waals surface area (Å²) in [6, 6.07) is 15.5. The highest BCUT2D eigenvalue weighted by molar-refractivity contribution is 5.92. The molecule has 54 heavy (non-hydrogen) atoms. The Morgan fingerprint density at radius 1 is 1.02 bits per heavy atom. The van der Waals surface area contributed by atoms with Gasteiger partial charge in [-0.25, -0.2) is 0 Å². The third-order valence-corrected chi connectivity index (χ3v) is 9.14. The van der Waals surface area contributed by atoms with Crippen LogP contribution in [0.4, 0.5) is 13.2 Å². The fourth-order valence-corrected chi connectivity index (χ4v) is 6.59. The highest BCUT2D eigenvalue weighted by atomic mass is 19.4. The molecule has 1 aliphatic rings. The molecule has 2 amide bonds. The first-order chi connectivity index (χ1) is 25.7. The number of halogens is 3. The van der Waals surface area contributed by atoms with Gasteiger partial charge < -0.3 is 33.8 Å². The quantitative estimate of drug-likeness (QED) is 0.159. The van der Waals surface area contributed by atoms with Crippen LogP contribution < -0.4 is 14.8 Å². The molecule has 2 N–H and O–H groups in total. The van der Waals surface area contributed by atoms with Crippen molar-refractivity contribution in [2.75, 3.05) is 27.4 Å². The van der Waals surface area contributed by atoms with E-state index in [-0.39, 0.29) is 43.3 Å². The Kier molecular flexibility index (Phi) is 10.7. The van der Waals surface area contributed by atoms with Crippen LogP contribution in [0.3, 0.4) is 0 Å². The van der Waals surface area contributed by atoms with Gasteiger partial charge in [-0.1, -0.05) is 24.3 Å². The number of esters is 1. The van der Waals surface area contributed by atoms with Crippen molar-refractivity contribution in [1.29, 1.82) is 0 Å². The molecule has 0 fully saturated rings. The number of para-hydroxylation sites is 1. The van der Waals surface area contributed by atoms with Crippen LogP contribution in [0.5, 0.6) is 11.5 Å². The summed E-state index contributed by atoms with van der Waals surface area (Å²) in [4.78, 5) is 47.2. The first kappa shape index (κ1) is 37.9. The second-order valence-electron chi connectivity index (χ2n) is 14.0. The summed E-state index contributed by atoms with van der Waals surface area (Å²) in [7, 11) is 2.77. The van der Waals surface area contributed by atoms with Gasteiger partial charge in [0, 0.05) is 46.2 Å². The third-order valence-electron chi connectivity index (χ3n) is 9.14. The van der Waals surface area contributed by atoms with Gasteiger partial charge in [-0.05, 0) is 75.2 Å². The molecule has 0 bridgehead atoms. The number of benzene rings is 3. The van der Waals surface area contributed by atoms with E-state index in [9.17, 15) is 22.8 Å². The third kappa shape index (κ3) is 8.19. The van der Waals surface area contributed by atoms with Gasteiger partial charge in [0.05, 0.1) is 32.8 Å². The molecule has 2 aromatic heterocycles. The lowest BCUT2D eigenvalue weighted by Gasteiger charge is -2.35. The van der Waals surface area contributed by atoms with Crippen molar-refractivity contribution in [3.63, 3.8) is 0 Å². The number of carbonyl (C=O) groups excluding carboxylic acids is 3. The Bertz CT molecular complexity index is 2160. The van der Waals surface area contributed by atoms with E-state index in [1.54, 1.807) is 31.4 Å². The average molecular weight is 748 g/mol. The van der Waals surface area contributed by atoms with Crippen LogP contribution in [-0.2, 0) is 31.7 Å². The van der Waals surface area contributed by atoms with Gasteiger partial charge in [-0.15, -0.1) is 10.2 Å². The summed E-state index contributed by atoms with van der Waals surface area (Å²) in [6.45, 7) is 5.23. The lowest BCUT2D eigenvalue weighted by atomic mass is 9.87. The van der Waals surface area contributed by atoms with E-state index < -0.39 is 52.9 Å². The number of amides is 2. The summed E-state index contributed by atoms with van der Waals surface area (Å²) in [5.41, 5.74) is 0.422. The van der Waals surface area contributed by atoms with E-state index in [0.717, 1.165) is 28.6 Å². The lowest BCUT2D eigenvalue weighted by molar-refractivity contribution is -0.146. The first-order valence-electron chi connectivity index (χ1n) is 17.2. The summed E-state index contributed by atoms with van der Waals surface area (Å²) in [5, 5.41) is 12.0. The number of H-pyrrole nitrogens is 1. The maximum Gasteiger partial charge on any atom is 0.416 e. The zero-order valence-electron chi connectivity index (χ0n) is 30.3. The molecule has 284 valence electrons. The minimum atomic E-state index is -4.64. The van der Waals surface area contributed by atoms with E-state index >= 15 is 4.79 Å². The maximum absolute atomic E-state index is 15.3. The number of alkyl halides is 3. The molecule has 0 saturated carbocycles. The molecule has 0 aliphatic carbocycles. The number of nitrogens with one attached hydrogen (secondary N) is 2. The van der Waals surface area contributed by atoms with Crippen molar-refractivity contribution in [2.24, 2.45) is 5.92 Å². The van der Waals surface area contributed by atoms with Crippen molar-refractivity contribution in [2.45, 2.75) is 57.3 Å². The number of aromatic nitrogens is 3. The summed E-state index contributed by atoms with van der Waals surface area (Å²) < 4.78 is 63.6. The van der Waals surface area contributed by atoms with E-state index in [1.807, 2.05) is 45.2 Å². The molecule has 12 nitrogen and oxygen atoms in total. The summed E-state index contributed by atoms with van der Waals surface area (Å²) >= 11 is 0. The van der Waals surface area contributed by atoms with Crippen molar-refractivity contribution in [3.8, 4) is 23.0 Å². The Labute approximate surface area is 309 Å². The number of hydrogen-bond donors (Lipinski definition) is 2. The number of carbonyl (C=O) groups is 3. The minimum absolute atomic E-state index is 0.00434. The van der Waals surface area contributed by atoms with Crippen molar-refractivity contribution in [3.05, 3.63) is 95.5 Å². The van der Waals surface area contributed by atoms with Crippen LogP contribution in [0, 0.1) is 5.92 Å². The van der Waals surface area contributed by atoms with Crippen molar-refractivity contribution in [1.82, 2.24) is 25.4 Å². The summed E-state index contributed by atoms with van der Waals surface area (Å²) in [6.07, 6.45) is -2.87. The van der Waals surface area contributed by atoms with Gasteiger partial charge in [0.25, 0.3) is 0 Å². The van der Waals surface area contributed by atoms with Crippen LogP contribution >= 0.6 is 0 Å². The number of aromatic amines is 1. The van der Waals surface area contributed by atoms with Gasteiger partial charge in [-0.3, -0.25) is 14.4 Å². The molecule has 3 aromatic carbocycles. The van der Waals surface area contributed by atoms with Crippen LogP contribution in [0.25, 0.3) is 22.4 Å². The monoisotopic (exact) mass is 747 g/mol. The van der Waals surface area contributed by atoms with Crippen LogP contribution in [-0.4, -0.2) is 70.8 Å². The Hall–Kier alpha value is -5.86. The fraction of sp³-hybridized carbons (Fsp3) is 0.359. The highest BCUT2D eigenvalue weighted by Crippen LogP contribution is 2.40. The van der Waals surface area contributed by atoms with Crippen molar-refractivity contribution >= 4 is 28.7 Å². The molecule has 0 unspecified atom stereocenters. The molecule has 0 spiro atoms. The number of nitrogens with zero attached hydrogens (tertiary/aromatic N) is 3. The molecule has 0 saturated heterocycles. The molecule has 6 rings (SSSR count). The molecule has 3 atom stereocenters. The largest absolute Gasteiger partial charge is 0.497 e. The molecule has 15 heteroatoms. The predicted octanol–water partition coefficient (Wildman–Crippen LogP) is 6.63. The van der Waals surface area contributed by atoms with E-state index in [0.29, 0.717) is 17.1 Å². The highest BCUT2D eigenvalue weighted by Gasteiger charge is 2.45. The smallest absolute Gasteiger partial charge is 0.416 e. The zero-order valence-corrected chi connectivity index (χ0v) is 30.3. The molecule has 1 aliphatic heterocycles. The summed E-state index contributed by atoms with van der Waals surface area (Å²) in [5.74, 6) is -3.76. The number of ether oxygens (including phenoxy) is 3. The van der Waals surface area contributed by atoms with Gasteiger partial charge in [0.15, 0.2) is 0 Å². The number of rotatable bonds is 9. The fourth-order valence-electron chi connectivity index (χ4n) is 6.59. The van der Waals surface area contributed by atoms with Crippen LogP contribution in [0.15, 0.2) is 77.3 Å². The normalized spacial score (nSPS) is 17.9. The molecule has 5 aromatic rings. The lowest BCUT2D eigenvalue weighted by Crippen LogP contribution is -2.51. The van der Waals surface area contributed by atoms with Crippen LogP contribution in [0.2, 0.25) is 0 Å². The van der Waals surface area contributed by atoms with Gasteiger partial charge in [-0.2, -0.15) is 13.2 Å². The minimum Gasteiger partial charge on any atom is -0.497 e. The molecular formula is C39H40F3N5O7. The van der Waals surface area contributed by atoms with Gasteiger partial charge in [0.1, 0.15) is 23.5 Å². The molecular weight excluding hydrogens is 707 g/mol. The van der Waals surface area contributed by atoms with E-state index in [1.165, 1.54) is 24.1 Å². The predicted molar refractivity (Wildman–Crippen MR) is 190 cm³/mol. The standard InChI is InChI=1S/C39H40F3N5O7/c1-38(2,3)44-34(49)33-27-11-6-7-12-30(27)53-21-24(18-31(48)52-5)32(36-46-45-35(54-36)22-9-8-10-25(17-22)39(40,41)42)37(50)47(33)16-15-23-20-43-29-14-13-26(51-4)19-28(23)29/h6-14,17,19-20,24,32-33,43H,15-16,18,21H2,1-5H3,(H,44,49)/t24-,32+,33-/m1/s1. The van der Waals surface area contributed by atoms with Gasteiger partial charge in [0.2, 0.25) is 23.6 Å². The second kappa shape index (κ2) is 15.2. The van der Waals surface area contributed by atoms with E-state index in [2.05, 4.69) is 20.5 Å². The number of hydrogen-bond acceptors (Lipinski definition) is 9. The van der Waals surface area contributed by atoms with E-state index in [4.69, 9.17) is 18.6 Å². The molecule has 3 heterocycles. The van der Waals surface area contributed by atoms with Gasteiger partial charge >= 0.3 is 12.1 Å². The second-order valence-corrected chi connectivity index (χ2v) is 14.0. The molecule has 0 radical (unpaired) electrons. The Morgan fingerprint density at radius 2 is 1.80 bits per heavy atom. The Morgan fingerprint density at radius 3 is 2.52 bits per heavy atom. The number of methoxy groups -OCH3 is 2. The average Bonchev–Trinajstić information content (AvgIpc) is 3.79. The topological polar surface area (TPSA) is 149 Å². The SMILES string of the molecule is COC(=O)C[C@@H]1COc2ccccc2[C@H](C(=O)NC(C)(C)C)N(CCc2c[nH]c3ccc(OC)cc23)C(=O)[C@@H]1c1nnc(-c2cccc(C(F)(F)F)c2)o1.